The monoisotopic (exact) mass is 518 g/mol. The maximum Gasteiger partial charge on any atom is 0.389 e. The standard InChI is InChI=1S/C21H19F5N4O4S/c1-10(17(32)30-13(5-6-21(24,25)26)16(31)20-27-7-8-35-20)29-18(33)14-9-28-19(34-14)11-3-2-4-12(22)15(11)23/h2-4,7-10,13,16,31H,5-6H2,1H3,(H,29,33)(H,30,32)/t10-,13-,16?/m0/s1. The van der Waals surface area contributed by atoms with Crippen LogP contribution >= 0.6 is 11.3 Å². The molecule has 0 aliphatic carbocycles. The SMILES string of the molecule is C[C@H](NC(=O)c1cnc(-c2cccc(F)c2F)o1)C(=O)N[C@@H](CCC(F)(F)F)C(O)c1nccs1. The Bertz CT molecular complexity index is 1170. The van der Waals surface area contributed by atoms with E-state index in [0.717, 1.165) is 23.6 Å². The van der Waals surface area contributed by atoms with Gasteiger partial charge in [0.1, 0.15) is 17.2 Å². The van der Waals surface area contributed by atoms with Crippen molar-refractivity contribution in [2.45, 2.75) is 44.1 Å². The van der Waals surface area contributed by atoms with E-state index in [1.54, 1.807) is 0 Å². The van der Waals surface area contributed by atoms with Gasteiger partial charge in [-0.15, -0.1) is 11.3 Å². The van der Waals surface area contributed by atoms with Crippen LogP contribution in [0.15, 0.2) is 40.4 Å². The van der Waals surface area contributed by atoms with Crippen LogP contribution in [-0.4, -0.2) is 45.1 Å². The fourth-order valence-corrected chi connectivity index (χ4v) is 3.68. The molecular weight excluding hydrogens is 499 g/mol. The molecule has 0 fully saturated rings. The van der Waals surface area contributed by atoms with Gasteiger partial charge >= 0.3 is 6.18 Å². The molecule has 2 amide bonds. The maximum absolute atomic E-state index is 13.9. The Labute approximate surface area is 199 Å². The minimum atomic E-state index is -4.52. The number of thiazole rings is 1. The van der Waals surface area contributed by atoms with Crippen molar-refractivity contribution in [3.05, 3.63) is 58.4 Å². The summed E-state index contributed by atoms with van der Waals surface area (Å²) < 4.78 is 70.7. The Morgan fingerprint density at radius 2 is 1.94 bits per heavy atom. The Kier molecular flexibility index (Phi) is 8.17. The second-order valence-corrected chi connectivity index (χ2v) is 8.34. The zero-order chi connectivity index (χ0) is 25.8. The summed E-state index contributed by atoms with van der Waals surface area (Å²) in [5.41, 5.74) is -0.321. The number of hydrogen-bond donors (Lipinski definition) is 3. The predicted molar refractivity (Wildman–Crippen MR) is 113 cm³/mol. The fraction of sp³-hybridized carbons (Fsp3) is 0.333. The Morgan fingerprint density at radius 3 is 2.60 bits per heavy atom. The van der Waals surface area contributed by atoms with Gasteiger partial charge in [0, 0.05) is 18.0 Å². The fourth-order valence-electron chi connectivity index (χ4n) is 2.99. The van der Waals surface area contributed by atoms with E-state index in [1.165, 1.54) is 30.6 Å². The molecule has 3 atom stereocenters. The molecule has 3 aromatic rings. The van der Waals surface area contributed by atoms with Crippen molar-refractivity contribution in [2.75, 3.05) is 0 Å². The number of carbonyl (C=O) groups excluding carboxylic acids is 2. The summed E-state index contributed by atoms with van der Waals surface area (Å²) in [6.07, 6.45) is -5.60. The highest BCUT2D eigenvalue weighted by Crippen LogP contribution is 2.28. The molecule has 0 aliphatic heterocycles. The van der Waals surface area contributed by atoms with Crippen molar-refractivity contribution in [1.82, 2.24) is 20.6 Å². The summed E-state index contributed by atoms with van der Waals surface area (Å²) in [6, 6.07) is 0.709. The lowest BCUT2D eigenvalue weighted by Crippen LogP contribution is -2.49. The van der Waals surface area contributed by atoms with Crippen molar-refractivity contribution in [3.63, 3.8) is 0 Å². The zero-order valence-electron chi connectivity index (χ0n) is 18.0. The van der Waals surface area contributed by atoms with Crippen LogP contribution in [0.3, 0.4) is 0 Å². The van der Waals surface area contributed by atoms with Gasteiger partial charge in [0.2, 0.25) is 17.6 Å². The minimum Gasteiger partial charge on any atom is -0.431 e. The molecule has 1 aromatic carbocycles. The van der Waals surface area contributed by atoms with Gasteiger partial charge in [0.05, 0.1) is 17.8 Å². The molecule has 0 radical (unpaired) electrons. The maximum atomic E-state index is 13.9. The first-order valence-corrected chi connectivity index (χ1v) is 11.0. The number of oxazole rings is 1. The summed E-state index contributed by atoms with van der Waals surface area (Å²) in [5, 5.41) is 16.6. The summed E-state index contributed by atoms with van der Waals surface area (Å²) in [5.74, 6) is -4.97. The molecule has 8 nitrogen and oxygen atoms in total. The average molecular weight is 518 g/mol. The van der Waals surface area contributed by atoms with Crippen molar-refractivity contribution < 1.29 is 41.1 Å². The van der Waals surface area contributed by atoms with Gasteiger partial charge in [-0.25, -0.2) is 18.7 Å². The number of aromatic nitrogens is 2. The lowest BCUT2D eigenvalue weighted by atomic mass is 10.0. The first-order valence-electron chi connectivity index (χ1n) is 10.1. The number of hydrogen-bond acceptors (Lipinski definition) is 7. The second-order valence-electron chi connectivity index (χ2n) is 7.41. The van der Waals surface area contributed by atoms with E-state index in [-0.39, 0.29) is 16.5 Å². The van der Waals surface area contributed by atoms with Crippen LogP contribution in [0.25, 0.3) is 11.5 Å². The first kappa shape index (κ1) is 26.2. The Hall–Kier alpha value is -3.39. The summed E-state index contributed by atoms with van der Waals surface area (Å²) in [7, 11) is 0. The van der Waals surface area contributed by atoms with Crippen molar-refractivity contribution >= 4 is 23.2 Å². The molecule has 0 saturated heterocycles. The summed E-state index contributed by atoms with van der Waals surface area (Å²) in [6.45, 7) is 1.26. The van der Waals surface area contributed by atoms with Gasteiger partial charge in [-0.05, 0) is 25.5 Å². The number of nitrogens with one attached hydrogen (secondary N) is 2. The molecule has 14 heteroatoms. The third-order valence-electron chi connectivity index (χ3n) is 4.80. The van der Waals surface area contributed by atoms with Crippen molar-refractivity contribution in [2.24, 2.45) is 0 Å². The number of halogens is 5. The predicted octanol–water partition coefficient (Wildman–Crippen LogP) is 3.76. The van der Waals surface area contributed by atoms with E-state index in [9.17, 15) is 36.6 Å². The van der Waals surface area contributed by atoms with Gasteiger partial charge in [-0.2, -0.15) is 13.2 Å². The molecule has 2 heterocycles. The summed E-state index contributed by atoms with van der Waals surface area (Å²) >= 11 is 1.01. The molecule has 2 aromatic heterocycles. The van der Waals surface area contributed by atoms with Crippen LogP contribution < -0.4 is 10.6 Å². The molecule has 1 unspecified atom stereocenters. The third kappa shape index (κ3) is 6.82. The largest absolute Gasteiger partial charge is 0.431 e. The normalized spacial score (nSPS) is 14.3. The quantitative estimate of drug-likeness (QED) is 0.372. The number of aliphatic hydroxyl groups is 1. The zero-order valence-corrected chi connectivity index (χ0v) is 18.8. The van der Waals surface area contributed by atoms with E-state index in [0.29, 0.717) is 0 Å². The van der Waals surface area contributed by atoms with Crippen LogP contribution in [0.4, 0.5) is 22.0 Å². The van der Waals surface area contributed by atoms with Crippen LogP contribution in [0.1, 0.15) is 41.4 Å². The molecule has 3 rings (SSSR count). The van der Waals surface area contributed by atoms with Gasteiger partial charge < -0.3 is 20.2 Å². The molecule has 3 N–H and O–H groups in total. The van der Waals surface area contributed by atoms with E-state index >= 15 is 0 Å². The Morgan fingerprint density at radius 1 is 1.20 bits per heavy atom. The average Bonchev–Trinajstić information content (AvgIpc) is 3.49. The molecular formula is C21H19F5N4O4S. The van der Waals surface area contributed by atoms with Gasteiger partial charge in [0.25, 0.3) is 5.91 Å². The highest BCUT2D eigenvalue weighted by atomic mass is 32.1. The topological polar surface area (TPSA) is 117 Å². The van der Waals surface area contributed by atoms with Crippen molar-refractivity contribution in [3.8, 4) is 11.5 Å². The van der Waals surface area contributed by atoms with Crippen LogP contribution in [0.2, 0.25) is 0 Å². The highest BCUT2D eigenvalue weighted by molar-refractivity contribution is 7.09. The number of benzene rings is 1. The third-order valence-corrected chi connectivity index (χ3v) is 5.65. The van der Waals surface area contributed by atoms with Crippen LogP contribution in [0, 0.1) is 11.6 Å². The van der Waals surface area contributed by atoms with Gasteiger partial charge in [-0.3, -0.25) is 9.59 Å². The van der Waals surface area contributed by atoms with E-state index in [1.807, 2.05) is 0 Å². The van der Waals surface area contributed by atoms with E-state index in [4.69, 9.17) is 4.42 Å². The molecule has 0 saturated carbocycles. The lowest BCUT2D eigenvalue weighted by Gasteiger charge is -2.25. The number of carbonyl (C=O) groups is 2. The minimum absolute atomic E-state index is 0.118. The highest BCUT2D eigenvalue weighted by Gasteiger charge is 2.33. The van der Waals surface area contributed by atoms with Crippen molar-refractivity contribution in [1.29, 1.82) is 0 Å². The first-order chi connectivity index (χ1) is 16.5. The molecule has 0 bridgehead atoms. The number of rotatable bonds is 9. The van der Waals surface area contributed by atoms with Gasteiger partial charge in [0.15, 0.2) is 11.6 Å². The van der Waals surface area contributed by atoms with Crippen LogP contribution in [-0.2, 0) is 4.79 Å². The lowest BCUT2D eigenvalue weighted by molar-refractivity contribution is -0.140. The van der Waals surface area contributed by atoms with E-state index < -0.39 is 66.4 Å². The summed E-state index contributed by atoms with van der Waals surface area (Å²) in [4.78, 5) is 32.6. The van der Waals surface area contributed by atoms with Gasteiger partial charge in [-0.1, -0.05) is 6.07 Å². The number of amides is 2. The smallest absolute Gasteiger partial charge is 0.389 e. The molecule has 35 heavy (non-hydrogen) atoms. The number of aliphatic hydroxyl groups excluding tert-OH is 1. The number of alkyl halides is 3. The molecule has 0 spiro atoms. The number of nitrogens with zero attached hydrogens (tertiary/aromatic N) is 2. The van der Waals surface area contributed by atoms with E-state index in [2.05, 4.69) is 20.6 Å². The molecule has 0 aliphatic rings. The Balaban J connectivity index is 1.66. The second kappa shape index (κ2) is 10.9. The van der Waals surface area contributed by atoms with Crippen LogP contribution in [0.5, 0.6) is 0 Å². The molecule has 188 valence electrons.